The molecule has 2 atom stereocenters. The van der Waals surface area contributed by atoms with E-state index < -0.39 is 23.9 Å². The molecule has 1 nitrogen and oxygen atoms in total. The van der Waals surface area contributed by atoms with Crippen LogP contribution in [0.3, 0.4) is 0 Å². The van der Waals surface area contributed by atoms with Gasteiger partial charge >= 0.3 is 0 Å². The van der Waals surface area contributed by atoms with Gasteiger partial charge in [0.1, 0.15) is 11.6 Å². The van der Waals surface area contributed by atoms with Gasteiger partial charge in [0, 0.05) is 24.7 Å². The van der Waals surface area contributed by atoms with Gasteiger partial charge in [0.15, 0.2) is 0 Å². The Hall–Kier alpha value is -2.17. The minimum absolute atomic E-state index is 0.129. The molecule has 0 saturated heterocycles. The summed E-state index contributed by atoms with van der Waals surface area (Å²) in [6.07, 6.45) is 20.9. The third-order valence-electron chi connectivity index (χ3n) is 14.0. The third kappa shape index (κ3) is 13.2. The van der Waals surface area contributed by atoms with Gasteiger partial charge in [-0.25, -0.2) is 8.78 Å². The fraction of sp³-hybridized carbons (Fsp3) is 0.556. The smallest absolute Gasteiger partial charge is 0.146 e. The Bertz CT molecular complexity index is 1820. The van der Waals surface area contributed by atoms with E-state index in [-0.39, 0.29) is 17.7 Å². The molecular weight excluding hydrogens is 819 g/mol. The van der Waals surface area contributed by atoms with Crippen molar-refractivity contribution in [3.05, 3.63) is 103 Å². The second kappa shape index (κ2) is 26.0. The number of hydrogen-bond donors (Lipinski definition) is 0. The first-order valence-electron chi connectivity index (χ1n) is 24.9. The van der Waals surface area contributed by atoms with Crippen molar-refractivity contribution in [1.29, 1.82) is 0 Å². The van der Waals surface area contributed by atoms with Gasteiger partial charge in [0.25, 0.3) is 0 Å². The van der Waals surface area contributed by atoms with E-state index in [9.17, 15) is 0 Å². The minimum atomic E-state index is -1.88. The lowest BCUT2D eigenvalue weighted by Crippen LogP contribution is -2.48. The van der Waals surface area contributed by atoms with Crippen LogP contribution in [0.2, 0.25) is 36.3 Å². The summed E-state index contributed by atoms with van der Waals surface area (Å²) in [5.41, 5.74) is 2.53. The number of unbranched alkanes of at least 4 members (excludes halogenated alkanes) is 6. The molecule has 61 heavy (non-hydrogen) atoms. The number of hydrogen-bond acceptors (Lipinski definition) is 1. The number of benzene rings is 4. The van der Waals surface area contributed by atoms with Crippen molar-refractivity contribution in [2.75, 3.05) is 4.67 Å². The summed E-state index contributed by atoms with van der Waals surface area (Å²) >= 11 is 0. The van der Waals surface area contributed by atoms with Crippen LogP contribution in [0.1, 0.15) is 151 Å². The lowest BCUT2D eigenvalue weighted by molar-refractivity contribution is 0.443. The predicted octanol–water partition coefficient (Wildman–Crippen LogP) is 16.5. The lowest BCUT2D eigenvalue weighted by atomic mass is 9.95. The van der Waals surface area contributed by atoms with Gasteiger partial charge < -0.3 is 4.67 Å². The van der Waals surface area contributed by atoms with Crippen LogP contribution in [-0.4, -0.2) is 22.2 Å². The van der Waals surface area contributed by atoms with Crippen molar-refractivity contribution in [2.24, 2.45) is 0 Å². The fourth-order valence-electron chi connectivity index (χ4n) is 10.3. The molecule has 0 amide bonds. The number of para-hydroxylation sites is 1. The zero-order valence-electron chi connectivity index (χ0n) is 39.2. The highest BCUT2D eigenvalue weighted by Crippen LogP contribution is 2.61. The normalized spacial score (nSPS) is 14.6. The molecule has 0 aliphatic heterocycles. The quantitative estimate of drug-likeness (QED) is 0.0426. The average Bonchev–Trinajstić information content (AvgIpc) is 3.30. The Labute approximate surface area is 377 Å². The van der Waals surface area contributed by atoms with Crippen LogP contribution in [0.4, 0.5) is 14.5 Å². The van der Waals surface area contributed by atoms with E-state index in [1.165, 1.54) is 148 Å². The topological polar surface area (TPSA) is 3.24 Å². The molecule has 0 bridgehead atoms. The third-order valence-corrected chi connectivity index (χ3v) is 30.4. The number of halogens is 2. The van der Waals surface area contributed by atoms with Crippen LogP contribution in [0.15, 0.2) is 91.0 Å². The highest BCUT2D eigenvalue weighted by atomic mass is 32.1. The molecular formula is C54H81F2NP2Si2. The van der Waals surface area contributed by atoms with E-state index in [1.54, 1.807) is 17.3 Å². The van der Waals surface area contributed by atoms with E-state index in [4.69, 9.17) is 0 Å². The standard InChI is InChI=1S/C54H81F2NP2Si2/c1-7-13-38-60(39-14-8-2,40-15-9-3)47-34-32-46(33-35-47)59(57(45-26-20-19-21-27-45)53-31-25-24-30-52(53)56)58-54-37-36-48(44-50(54)49-28-22-23-29-51(49)55)61(41-16-10-4,42-17-11-5)43-18-12-6/h22-25,28-37,44-45,58H,7-21,26-27,38-43H2,1-6H3. The first kappa shape index (κ1) is 49.8. The summed E-state index contributed by atoms with van der Waals surface area (Å²) in [5, 5.41) is 5.71. The van der Waals surface area contributed by atoms with Crippen molar-refractivity contribution in [1.82, 2.24) is 0 Å². The maximum Gasteiger partial charge on any atom is 0.146 e. The van der Waals surface area contributed by atoms with Gasteiger partial charge in [-0.05, 0) is 50.2 Å². The first-order chi connectivity index (χ1) is 29.8. The van der Waals surface area contributed by atoms with Crippen molar-refractivity contribution in [3.8, 4) is 11.1 Å². The van der Waals surface area contributed by atoms with E-state index in [0.29, 0.717) is 8.27 Å². The van der Waals surface area contributed by atoms with Crippen molar-refractivity contribution in [2.45, 2.75) is 193 Å². The molecule has 7 heteroatoms. The first-order valence-corrected chi connectivity index (χ1v) is 33.3. The van der Waals surface area contributed by atoms with Crippen LogP contribution in [0, 0.1) is 11.6 Å². The molecule has 1 saturated carbocycles. The Morgan fingerprint density at radius 3 is 1.48 bits per heavy atom. The highest BCUT2D eigenvalue weighted by Gasteiger charge is 2.37. The maximum atomic E-state index is 16.4. The van der Waals surface area contributed by atoms with Gasteiger partial charge in [-0.1, -0.05) is 257 Å². The molecule has 1 fully saturated rings. The second-order valence-corrected chi connectivity index (χ2v) is 32.0. The Morgan fingerprint density at radius 1 is 0.525 bits per heavy atom. The van der Waals surface area contributed by atoms with Gasteiger partial charge in [0.05, 0.1) is 21.8 Å². The fourth-order valence-corrected chi connectivity index (χ4v) is 27.3. The van der Waals surface area contributed by atoms with Crippen LogP contribution in [0.25, 0.3) is 11.1 Å². The summed E-state index contributed by atoms with van der Waals surface area (Å²) in [6, 6.07) is 40.8. The summed E-state index contributed by atoms with van der Waals surface area (Å²) < 4.78 is 35.3. The van der Waals surface area contributed by atoms with Crippen LogP contribution in [-0.2, 0) is 0 Å². The SMILES string of the molecule is CCCC[Si](CCCC)(CCCC)c1ccc(P(Pc2ccc([Si](CCCC)(CCCC)CCCC)cc2-c2ccccc2F)N(c2ccccc2F)C2CCCCC2)cc1. The molecule has 5 rings (SSSR count). The van der Waals surface area contributed by atoms with Gasteiger partial charge in [-0.3, -0.25) is 0 Å². The maximum absolute atomic E-state index is 16.4. The van der Waals surface area contributed by atoms with Crippen LogP contribution >= 0.6 is 16.0 Å². The lowest BCUT2D eigenvalue weighted by Gasteiger charge is -2.42. The summed E-state index contributed by atoms with van der Waals surface area (Å²) in [5.74, 6) is -0.275. The van der Waals surface area contributed by atoms with Crippen molar-refractivity contribution < 1.29 is 8.78 Å². The molecule has 4 aromatic carbocycles. The number of anilines is 1. The summed E-state index contributed by atoms with van der Waals surface area (Å²) in [7, 11) is -4.27. The van der Waals surface area contributed by atoms with E-state index in [0.717, 1.165) is 29.7 Å². The molecule has 0 spiro atoms. The second-order valence-electron chi connectivity index (χ2n) is 18.5. The summed E-state index contributed by atoms with van der Waals surface area (Å²) in [4.78, 5) is 0. The molecule has 0 N–H and O–H groups in total. The van der Waals surface area contributed by atoms with Gasteiger partial charge in [0.2, 0.25) is 0 Å². The van der Waals surface area contributed by atoms with Crippen molar-refractivity contribution >= 4 is 58.8 Å². The molecule has 0 aromatic heterocycles. The number of nitrogens with zero attached hydrogens (tertiary/aromatic N) is 1. The Kier molecular flexibility index (Phi) is 21.2. The molecule has 334 valence electrons. The van der Waals surface area contributed by atoms with Crippen molar-refractivity contribution in [3.63, 3.8) is 0 Å². The minimum Gasteiger partial charge on any atom is -0.338 e. The zero-order valence-corrected chi connectivity index (χ0v) is 43.0. The molecule has 2 unspecified atom stereocenters. The highest BCUT2D eigenvalue weighted by molar-refractivity contribution is 8.28. The summed E-state index contributed by atoms with van der Waals surface area (Å²) in [6.45, 7) is 14.1. The molecule has 0 radical (unpaired) electrons. The Balaban J connectivity index is 1.73. The van der Waals surface area contributed by atoms with E-state index in [2.05, 4.69) is 88.7 Å². The van der Waals surface area contributed by atoms with Gasteiger partial charge in [-0.15, -0.1) is 0 Å². The predicted molar refractivity (Wildman–Crippen MR) is 278 cm³/mol. The van der Waals surface area contributed by atoms with Crippen LogP contribution in [0.5, 0.6) is 0 Å². The molecule has 1 aliphatic rings. The Morgan fingerprint density at radius 2 is 0.984 bits per heavy atom. The average molecular weight is 900 g/mol. The van der Waals surface area contributed by atoms with Gasteiger partial charge in [-0.2, -0.15) is 0 Å². The zero-order chi connectivity index (χ0) is 43.5. The van der Waals surface area contributed by atoms with E-state index in [1.807, 2.05) is 36.4 Å². The molecule has 1 aliphatic carbocycles. The largest absolute Gasteiger partial charge is 0.338 e. The number of rotatable bonds is 27. The monoisotopic (exact) mass is 900 g/mol. The van der Waals surface area contributed by atoms with E-state index >= 15 is 8.78 Å². The molecule has 0 heterocycles. The molecule has 4 aromatic rings. The van der Waals surface area contributed by atoms with Crippen LogP contribution < -0.4 is 25.7 Å².